The number of H-pyrrole nitrogens is 1. The summed E-state index contributed by atoms with van der Waals surface area (Å²) in [4.78, 5) is 44.5. The molecule has 0 aliphatic heterocycles. The van der Waals surface area contributed by atoms with E-state index in [2.05, 4.69) is 26.3 Å². The van der Waals surface area contributed by atoms with Gasteiger partial charge in [0.1, 0.15) is 11.6 Å². The van der Waals surface area contributed by atoms with Crippen LogP contribution < -0.4 is 27.0 Å². The molecule has 1 heterocycles. The molecule has 7 N–H and O–H groups in total. The number of benzene rings is 2. The Morgan fingerprint density at radius 1 is 1.00 bits per heavy atom. The number of halogens is 3. The average molecular weight is 687 g/mol. The summed E-state index contributed by atoms with van der Waals surface area (Å²) in [6, 6.07) is 9.35. The number of aromatic nitrogens is 1. The summed E-state index contributed by atoms with van der Waals surface area (Å²) >= 11 is 5.28. The van der Waals surface area contributed by atoms with Crippen molar-refractivity contribution < 1.29 is 27.6 Å². The second kappa shape index (κ2) is 15.0. The van der Waals surface area contributed by atoms with Crippen molar-refractivity contribution in [2.24, 2.45) is 17.6 Å². The van der Waals surface area contributed by atoms with Crippen molar-refractivity contribution in [2.45, 2.75) is 97.1 Å². The highest BCUT2D eigenvalue weighted by molar-refractivity contribution is 7.80. The maximum Gasteiger partial charge on any atom is 0.418 e. The molecule has 0 saturated heterocycles. The van der Waals surface area contributed by atoms with Gasteiger partial charge in [0.25, 0.3) is 0 Å². The molecule has 0 spiro atoms. The lowest BCUT2D eigenvalue weighted by atomic mass is 9.78. The van der Waals surface area contributed by atoms with E-state index in [1.165, 1.54) is 6.07 Å². The maximum atomic E-state index is 14.3. The van der Waals surface area contributed by atoms with Crippen molar-refractivity contribution in [1.29, 1.82) is 0 Å². The Hall–Kier alpha value is -4.13. The van der Waals surface area contributed by atoms with E-state index in [0.29, 0.717) is 29.5 Å². The smallest absolute Gasteiger partial charge is 0.392 e. The lowest BCUT2D eigenvalue weighted by molar-refractivity contribution is -0.136. The first kappa shape index (κ1) is 36.7. The zero-order valence-electron chi connectivity index (χ0n) is 27.9. The topological polar surface area (TPSA) is 141 Å². The van der Waals surface area contributed by atoms with E-state index in [1.807, 2.05) is 58.9 Å². The second-order valence-corrected chi connectivity index (χ2v) is 13.4. The van der Waals surface area contributed by atoms with Gasteiger partial charge in [0.05, 0.1) is 22.1 Å². The minimum absolute atomic E-state index is 0.0671. The summed E-state index contributed by atoms with van der Waals surface area (Å²) in [5.74, 6) is -1.57. The van der Waals surface area contributed by atoms with Crippen LogP contribution in [0.3, 0.4) is 0 Å². The van der Waals surface area contributed by atoms with E-state index in [0.717, 1.165) is 17.2 Å². The lowest BCUT2D eigenvalue weighted by Gasteiger charge is -2.40. The van der Waals surface area contributed by atoms with Crippen LogP contribution >= 0.6 is 12.2 Å². The number of carbonyl (C=O) groups is 3. The van der Waals surface area contributed by atoms with E-state index in [4.69, 9.17) is 18.0 Å². The molecule has 260 valence electrons. The first-order chi connectivity index (χ1) is 22.6. The highest BCUT2D eigenvalue weighted by Crippen LogP contribution is 2.40. The Morgan fingerprint density at radius 3 is 2.25 bits per heavy atom. The number of hydrogen-bond acceptors (Lipinski definition) is 4. The molecule has 0 saturated carbocycles. The molecule has 48 heavy (non-hydrogen) atoms. The third-order valence-electron chi connectivity index (χ3n) is 9.57. The Bertz CT molecular complexity index is 1660. The highest BCUT2D eigenvalue weighted by Gasteiger charge is 2.47. The van der Waals surface area contributed by atoms with Crippen LogP contribution in [-0.2, 0) is 35.2 Å². The van der Waals surface area contributed by atoms with Gasteiger partial charge in [0, 0.05) is 24.0 Å². The number of alkyl halides is 3. The first-order valence-electron chi connectivity index (χ1n) is 16.3. The van der Waals surface area contributed by atoms with Crippen molar-refractivity contribution >= 4 is 46.0 Å². The third-order valence-corrected chi connectivity index (χ3v) is 9.83. The SMILES string of the molecule is CCC(C)[C@H](NC(=O)NCc1ccc(C)cc1)C(=O)N[C@]1(C(=O)NC(C(N)=S)[C@@H](C)CC)CCc2[nH]c3c(C(F)(F)F)cccc3c2C1. The number of nitrogens with one attached hydrogen (secondary N) is 5. The fourth-order valence-corrected chi connectivity index (χ4v) is 6.46. The van der Waals surface area contributed by atoms with Gasteiger partial charge in [0.2, 0.25) is 11.8 Å². The predicted octanol–water partition coefficient (Wildman–Crippen LogP) is 5.57. The number of urea groups is 1. The van der Waals surface area contributed by atoms with Gasteiger partial charge < -0.3 is 32.0 Å². The minimum Gasteiger partial charge on any atom is -0.392 e. The molecule has 0 bridgehead atoms. The summed E-state index contributed by atoms with van der Waals surface area (Å²) in [5, 5.41) is 11.8. The normalized spacial score (nSPS) is 18.6. The number of hydrogen-bond donors (Lipinski definition) is 6. The molecule has 2 aromatic carbocycles. The van der Waals surface area contributed by atoms with Crippen molar-refractivity contribution in [2.75, 3.05) is 0 Å². The van der Waals surface area contributed by atoms with Crippen LogP contribution in [0.5, 0.6) is 0 Å². The Labute approximate surface area is 284 Å². The standard InChI is InChI=1S/C35H45F3N6O3S/c1-6-20(4)27(30(39)48)42-32(46)34(16-15-26-24(17-34)23-9-8-10-25(29(23)41-26)35(36,37)38)44-31(45)28(21(5)7-2)43-33(47)40-18-22-13-11-19(3)12-14-22/h8-14,20-21,27-28,41H,6-7,15-18H2,1-5H3,(H2,39,48)(H,42,46)(H,44,45)(H2,40,43,47)/t20-,21?,27?,28-,34+/m0/s1. The maximum absolute atomic E-state index is 14.3. The van der Waals surface area contributed by atoms with Crippen LogP contribution in [0.4, 0.5) is 18.0 Å². The number of thiocarbonyl (C=S) groups is 1. The molecule has 5 atom stereocenters. The van der Waals surface area contributed by atoms with Gasteiger partial charge >= 0.3 is 12.2 Å². The van der Waals surface area contributed by atoms with Crippen LogP contribution in [0.2, 0.25) is 0 Å². The van der Waals surface area contributed by atoms with Crippen molar-refractivity contribution in [3.8, 4) is 0 Å². The van der Waals surface area contributed by atoms with Gasteiger partial charge in [0.15, 0.2) is 0 Å². The lowest BCUT2D eigenvalue weighted by Crippen LogP contribution is -2.67. The van der Waals surface area contributed by atoms with Gasteiger partial charge in [-0.3, -0.25) is 9.59 Å². The largest absolute Gasteiger partial charge is 0.418 e. The molecular formula is C35H45F3N6O3S. The molecule has 1 aliphatic carbocycles. The summed E-state index contributed by atoms with van der Waals surface area (Å²) in [6.07, 6.45) is -3.20. The highest BCUT2D eigenvalue weighted by atomic mass is 32.1. The number of aromatic amines is 1. The molecule has 2 unspecified atom stereocenters. The molecule has 4 rings (SSSR count). The predicted molar refractivity (Wildman–Crippen MR) is 184 cm³/mol. The summed E-state index contributed by atoms with van der Waals surface area (Å²) < 4.78 is 41.8. The first-order valence-corrected chi connectivity index (χ1v) is 16.7. The third kappa shape index (κ3) is 8.11. The van der Waals surface area contributed by atoms with E-state index in [1.54, 1.807) is 6.07 Å². The van der Waals surface area contributed by atoms with Gasteiger partial charge in [-0.05, 0) is 48.8 Å². The van der Waals surface area contributed by atoms with Crippen LogP contribution in [0.25, 0.3) is 10.9 Å². The van der Waals surface area contributed by atoms with E-state index in [9.17, 15) is 27.6 Å². The zero-order chi connectivity index (χ0) is 35.4. The summed E-state index contributed by atoms with van der Waals surface area (Å²) in [7, 11) is 0. The molecule has 0 radical (unpaired) electrons. The number of para-hydroxylation sites is 1. The van der Waals surface area contributed by atoms with Crippen LogP contribution in [0, 0.1) is 18.8 Å². The molecule has 4 amide bonds. The monoisotopic (exact) mass is 686 g/mol. The average Bonchev–Trinajstić information content (AvgIpc) is 3.41. The number of carbonyl (C=O) groups excluding carboxylic acids is 3. The van der Waals surface area contributed by atoms with Crippen LogP contribution in [0.15, 0.2) is 42.5 Å². The van der Waals surface area contributed by atoms with Crippen molar-refractivity contribution in [3.63, 3.8) is 0 Å². The van der Waals surface area contributed by atoms with Gasteiger partial charge in [-0.25, -0.2) is 4.79 Å². The molecule has 13 heteroatoms. The Morgan fingerprint density at radius 2 is 1.65 bits per heavy atom. The fraction of sp³-hybridized carbons (Fsp3) is 0.486. The van der Waals surface area contributed by atoms with Gasteiger partial charge in [-0.2, -0.15) is 13.2 Å². The fourth-order valence-electron chi connectivity index (χ4n) is 6.17. The van der Waals surface area contributed by atoms with E-state index < -0.39 is 47.2 Å². The number of amides is 4. The summed E-state index contributed by atoms with van der Waals surface area (Å²) in [6.45, 7) is 9.74. The molecule has 9 nitrogen and oxygen atoms in total. The number of nitrogens with two attached hydrogens (primary N) is 1. The Balaban J connectivity index is 1.68. The van der Waals surface area contributed by atoms with Crippen LogP contribution in [0.1, 0.15) is 74.9 Å². The van der Waals surface area contributed by atoms with E-state index in [-0.39, 0.29) is 48.1 Å². The number of rotatable bonds is 12. The molecule has 1 aliphatic rings. The van der Waals surface area contributed by atoms with Crippen molar-refractivity contribution in [3.05, 3.63) is 70.4 Å². The molecule has 1 aromatic heterocycles. The Kier molecular flexibility index (Phi) is 11.4. The van der Waals surface area contributed by atoms with Gasteiger partial charge in [-0.15, -0.1) is 0 Å². The molecule has 3 aromatic rings. The number of fused-ring (bicyclic) bond motifs is 3. The quantitative estimate of drug-likeness (QED) is 0.138. The van der Waals surface area contributed by atoms with Crippen LogP contribution in [-0.4, -0.2) is 45.4 Å². The molecular weight excluding hydrogens is 641 g/mol. The van der Waals surface area contributed by atoms with Crippen molar-refractivity contribution in [1.82, 2.24) is 26.3 Å². The minimum atomic E-state index is -4.59. The van der Waals surface area contributed by atoms with E-state index >= 15 is 0 Å². The second-order valence-electron chi connectivity index (χ2n) is 13.0. The number of aryl methyl sites for hydroxylation is 2. The summed E-state index contributed by atoms with van der Waals surface area (Å²) in [5.41, 5.74) is 6.63. The zero-order valence-corrected chi connectivity index (χ0v) is 28.8. The van der Waals surface area contributed by atoms with Gasteiger partial charge in [-0.1, -0.05) is 94.7 Å². The molecule has 0 fully saturated rings.